The minimum Gasteiger partial charge on any atom is -0.369 e. The molecular weight excluding hydrogens is 384 g/mol. The smallest absolute Gasteiger partial charge is 0.293 e. The maximum Gasteiger partial charge on any atom is 0.293 e. The molecule has 1 amide bonds. The van der Waals surface area contributed by atoms with E-state index >= 15 is 0 Å². The van der Waals surface area contributed by atoms with Crippen molar-refractivity contribution in [2.24, 2.45) is 17.6 Å². The maximum atomic E-state index is 12.9. The molecule has 2 saturated heterocycles. The molecule has 3 rings (SSSR count). The van der Waals surface area contributed by atoms with Crippen molar-refractivity contribution in [2.75, 3.05) is 31.1 Å². The van der Waals surface area contributed by atoms with Crippen LogP contribution in [-0.4, -0.2) is 49.7 Å². The molecule has 0 radical (unpaired) electrons. The number of hydrogen-bond acceptors (Lipinski definition) is 6. The van der Waals surface area contributed by atoms with E-state index in [1.807, 2.05) is 4.90 Å². The Morgan fingerprint density at radius 3 is 2.29 bits per heavy atom. The van der Waals surface area contributed by atoms with Gasteiger partial charge in [-0.25, -0.2) is 8.42 Å². The Hall–Kier alpha value is -2.20. The van der Waals surface area contributed by atoms with Gasteiger partial charge in [0.15, 0.2) is 0 Å². The highest BCUT2D eigenvalue weighted by molar-refractivity contribution is 7.89. The number of amides is 1. The number of nitrogens with zero attached hydrogens (tertiary/aromatic N) is 3. The number of piperidine rings is 2. The van der Waals surface area contributed by atoms with Crippen molar-refractivity contribution in [3.05, 3.63) is 28.3 Å². The summed E-state index contributed by atoms with van der Waals surface area (Å²) in [5, 5.41) is 11.6. The molecule has 2 aliphatic rings. The molecule has 0 spiro atoms. The van der Waals surface area contributed by atoms with Gasteiger partial charge in [0.05, 0.1) is 9.82 Å². The number of carbonyl (C=O) groups is 1. The number of hydrogen-bond donors (Lipinski definition) is 1. The van der Waals surface area contributed by atoms with Crippen LogP contribution in [0.5, 0.6) is 0 Å². The van der Waals surface area contributed by atoms with Gasteiger partial charge in [-0.1, -0.05) is 6.92 Å². The SMILES string of the molecule is CC1CCN(S(=O)(=O)c2ccc(N3CCC(C(N)=O)CC3)c([N+](=O)[O-])c2)CC1. The summed E-state index contributed by atoms with van der Waals surface area (Å²) in [6, 6.07) is 4.10. The third-order valence-electron chi connectivity index (χ3n) is 5.76. The van der Waals surface area contributed by atoms with E-state index in [0.717, 1.165) is 18.9 Å². The van der Waals surface area contributed by atoms with Crippen molar-refractivity contribution in [1.82, 2.24) is 4.31 Å². The third-order valence-corrected chi connectivity index (χ3v) is 7.66. The fourth-order valence-corrected chi connectivity index (χ4v) is 5.35. The molecule has 0 aromatic heterocycles. The number of sulfonamides is 1. The first kappa shape index (κ1) is 20.5. The van der Waals surface area contributed by atoms with Crippen LogP contribution >= 0.6 is 0 Å². The number of primary amides is 1. The highest BCUT2D eigenvalue weighted by atomic mass is 32.2. The normalized spacial score (nSPS) is 20.2. The summed E-state index contributed by atoms with van der Waals surface area (Å²) >= 11 is 0. The lowest BCUT2D eigenvalue weighted by Gasteiger charge is -2.32. The first-order valence-corrected chi connectivity index (χ1v) is 11.0. The summed E-state index contributed by atoms with van der Waals surface area (Å²) in [4.78, 5) is 24.2. The van der Waals surface area contributed by atoms with E-state index in [1.54, 1.807) is 0 Å². The summed E-state index contributed by atoms with van der Waals surface area (Å²) in [5.74, 6) is -0.102. The number of nitro groups is 1. The summed E-state index contributed by atoms with van der Waals surface area (Å²) < 4.78 is 27.2. The van der Waals surface area contributed by atoms with Crippen molar-refractivity contribution < 1.29 is 18.1 Å². The van der Waals surface area contributed by atoms with Crippen molar-refractivity contribution >= 4 is 27.3 Å². The Morgan fingerprint density at radius 2 is 1.75 bits per heavy atom. The molecule has 1 aromatic rings. The van der Waals surface area contributed by atoms with Gasteiger partial charge < -0.3 is 10.6 Å². The molecule has 0 unspecified atom stereocenters. The quantitative estimate of drug-likeness (QED) is 0.582. The minimum atomic E-state index is -3.76. The maximum absolute atomic E-state index is 12.9. The third kappa shape index (κ3) is 4.12. The molecule has 28 heavy (non-hydrogen) atoms. The number of anilines is 1. The predicted octanol–water partition coefficient (Wildman–Crippen LogP) is 1.72. The lowest BCUT2D eigenvalue weighted by molar-refractivity contribution is -0.384. The number of benzene rings is 1. The van der Waals surface area contributed by atoms with Crippen LogP contribution < -0.4 is 10.6 Å². The van der Waals surface area contributed by atoms with Crippen LogP contribution in [0, 0.1) is 22.0 Å². The summed E-state index contributed by atoms with van der Waals surface area (Å²) in [6.07, 6.45) is 2.62. The van der Waals surface area contributed by atoms with E-state index in [4.69, 9.17) is 5.73 Å². The van der Waals surface area contributed by atoms with E-state index in [-0.39, 0.29) is 22.4 Å². The zero-order valence-electron chi connectivity index (χ0n) is 15.9. The molecule has 154 valence electrons. The van der Waals surface area contributed by atoms with E-state index in [2.05, 4.69) is 6.92 Å². The van der Waals surface area contributed by atoms with Gasteiger partial charge in [-0.3, -0.25) is 14.9 Å². The molecule has 0 atom stereocenters. The van der Waals surface area contributed by atoms with Gasteiger partial charge in [0.25, 0.3) is 5.69 Å². The van der Waals surface area contributed by atoms with Crippen LogP contribution in [-0.2, 0) is 14.8 Å². The first-order chi connectivity index (χ1) is 13.2. The van der Waals surface area contributed by atoms with Crippen molar-refractivity contribution in [1.29, 1.82) is 0 Å². The van der Waals surface area contributed by atoms with Crippen LogP contribution in [0.2, 0.25) is 0 Å². The number of rotatable bonds is 5. The second kappa shape index (κ2) is 8.04. The fourth-order valence-electron chi connectivity index (χ4n) is 3.86. The second-order valence-electron chi connectivity index (χ2n) is 7.66. The second-order valence-corrected chi connectivity index (χ2v) is 9.60. The van der Waals surface area contributed by atoms with E-state index < -0.39 is 14.9 Å². The standard InChI is InChI=1S/C18H26N4O5S/c1-13-4-10-21(11-5-13)28(26,27)15-2-3-16(17(12-15)22(24)25)20-8-6-14(7-9-20)18(19)23/h2-3,12-14H,4-11H2,1H3,(H2,19,23). The lowest BCUT2D eigenvalue weighted by Crippen LogP contribution is -2.39. The van der Waals surface area contributed by atoms with Crippen LogP contribution in [0.4, 0.5) is 11.4 Å². The monoisotopic (exact) mass is 410 g/mol. The summed E-state index contributed by atoms with van der Waals surface area (Å²) in [7, 11) is -3.76. The molecule has 0 aliphatic carbocycles. The van der Waals surface area contributed by atoms with Gasteiger partial charge in [0.1, 0.15) is 5.69 Å². The molecule has 10 heteroatoms. The molecule has 2 heterocycles. The average Bonchev–Trinajstić information content (AvgIpc) is 2.68. The van der Waals surface area contributed by atoms with Gasteiger partial charge in [-0.2, -0.15) is 4.31 Å². The van der Waals surface area contributed by atoms with Gasteiger partial charge in [-0.15, -0.1) is 0 Å². The topological polar surface area (TPSA) is 127 Å². The summed E-state index contributed by atoms with van der Waals surface area (Å²) in [6.45, 7) is 3.87. The Labute approximate surface area is 164 Å². The summed E-state index contributed by atoms with van der Waals surface area (Å²) in [5.41, 5.74) is 5.48. The highest BCUT2D eigenvalue weighted by Crippen LogP contribution is 2.34. The van der Waals surface area contributed by atoms with Gasteiger partial charge >= 0.3 is 0 Å². The molecule has 2 N–H and O–H groups in total. The van der Waals surface area contributed by atoms with Gasteiger partial charge in [0, 0.05) is 38.2 Å². The number of nitro benzene ring substituents is 1. The largest absolute Gasteiger partial charge is 0.369 e. The zero-order chi connectivity index (χ0) is 20.5. The van der Waals surface area contributed by atoms with Crippen molar-refractivity contribution in [3.63, 3.8) is 0 Å². The number of nitrogens with two attached hydrogens (primary N) is 1. The molecule has 2 aliphatic heterocycles. The molecule has 2 fully saturated rings. The van der Waals surface area contributed by atoms with Crippen LogP contribution in [0.1, 0.15) is 32.6 Å². The molecular formula is C18H26N4O5S. The van der Waals surface area contributed by atoms with Crippen molar-refractivity contribution in [2.45, 2.75) is 37.5 Å². The molecule has 0 bridgehead atoms. The Kier molecular flexibility index (Phi) is 5.90. The Balaban J connectivity index is 1.86. The molecule has 9 nitrogen and oxygen atoms in total. The Morgan fingerprint density at radius 1 is 1.14 bits per heavy atom. The van der Waals surface area contributed by atoms with Crippen LogP contribution in [0.25, 0.3) is 0 Å². The van der Waals surface area contributed by atoms with Gasteiger partial charge in [-0.05, 0) is 43.7 Å². The first-order valence-electron chi connectivity index (χ1n) is 9.53. The zero-order valence-corrected chi connectivity index (χ0v) is 16.7. The Bertz CT molecular complexity index is 857. The van der Waals surface area contributed by atoms with Crippen LogP contribution in [0.3, 0.4) is 0 Å². The van der Waals surface area contributed by atoms with Crippen LogP contribution in [0.15, 0.2) is 23.1 Å². The van der Waals surface area contributed by atoms with E-state index in [9.17, 15) is 23.3 Å². The fraction of sp³-hybridized carbons (Fsp3) is 0.611. The average molecular weight is 410 g/mol. The van der Waals surface area contributed by atoms with Crippen molar-refractivity contribution in [3.8, 4) is 0 Å². The highest BCUT2D eigenvalue weighted by Gasteiger charge is 2.32. The molecule has 1 aromatic carbocycles. The minimum absolute atomic E-state index is 0.0514. The lowest BCUT2D eigenvalue weighted by atomic mass is 9.96. The number of carbonyl (C=O) groups excluding carboxylic acids is 1. The van der Waals surface area contributed by atoms with Gasteiger partial charge in [0.2, 0.25) is 15.9 Å². The molecule has 0 saturated carbocycles. The van der Waals surface area contributed by atoms with E-state index in [1.165, 1.54) is 16.4 Å². The predicted molar refractivity (Wildman–Crippen MR) is 104 cm³/mol. The van der Waals surface area contributed by atoms with E-state index in [0.29, 0.717) is 50.6 Å².